The second-order valence-corrected chi connectivity index (χ2v) is 6.34. The van der Waals surface area contributed by atoms with E-state index in [1.807, 2.05) is 0 Å². The van der Waals surface area contributed by atoms with Crippen LogP contribution >= 0.6 is 0 Å². The van der Waals surface area contributed by atoms with Gasteiger partial charge in [0.25, 0.3) is 0 Å². The first kappa shape index (κ1) is 9.41. The van der Waals surface area contributed by atoms with Crippen LogP contribution < -0.4 is 0 Å². The first-order valence-corrected chi connectivity index (χ1v) is 6.48. The van der Waals surface area contributed by atoms with Crippen molar-refractivity contribution in [2.45, 2.75) is 31.9 Å². The van der Waals surface area contributed by atoms with Gasteiger partial charge < -0.3 is 0 Å². The monoisotopic (exact) mass is 187 g/mol. The molecular weight excluding hydrogens is 169 g/mol. The minimum atomic E-state index is -0.0883. The maximum atomic E-state index is 3.80. The van der Waals surface area contributed by atoms with Crippen molar-refractivity contribution in [2.75, 3.05) is 0 Å². The van der Waals surface area contributed by atoms with E-state index < -0.39 is 0 Å². The summed E-state index contributed by atoms with van der Waals surface area (Å²) in [5.74, 6) is 0.882. The molecule has 1 unspecified atom stereocenters. The minimum absolute atomic E-state index is 0.0883. The van der Waals surface area contributed by atoms with Crippen molar-refractivity contribution in [3.05, 3.63) is 6.92 Å². The van der Waals surface area contributed by atoms with Crippen molar-refractivity contribution in [1.82, 2.24) is 0 Å². The SMILES string of the molecule is [CH2][CH]=[GeH][CH](CC)C(C)C. The van der Waals surface area contributed by atoms with Gasteiger partial charge in [-0.1, -0.05) is 0 Å². The van der Waals surface area contributed by atoms with Crippen molar-refractivity contribution < 1.29 is 0 Å². The molecule has 0 rings (SSSR count). The van der Waals surface area contributed by atoms with Gasteiger partial charge >= 0.3 is 64.6 Å². The first-order valence-electron chi connectivity index (χ1n) is 3.68. The van der Waals surface area contributed by atoms with Crippen LogP contribution in [0.5, 0.6) is 0 Å². The molecule has 0 aliphatic carbocycles. The third-order valence-electron chi connectivity index (χ3n) is 1.71. The van der Waals surface area contributed by atoms with Gasteiger partial charge in [-0.05, 0) is 0 Å². The van der Waals surface area contributed by atoms with Crippen LogP contribution in [0.4, 0.5) is 0 Å². The maximum absolute atomic E-state index is 3.80. The molecule has 1 heteroatoms. The topological polar surface area (TPSA) is 0 Å². The molecule has 0 aliphatic heterocycles. The van der Waals surface area contributed by atoms with E-state index in [-0.39, 0.29) is 15.0 Å². The second kappa shape index (κ2) is 5.22. The van der Waals surface area contributed by atoms with E-state index in [4.69, 9.17) is 0 Å². The predicted octanol–water partition coefficient (Wildman–Crippen LogP) is 1.91. The summed E-state index contributed by atoms with van der Waals surface area (Å²) in [5, 5.41) is 0. The van der Waals surface area contributed by atoms with E-state index in [2.05, 4.69) is 32.5 Å². The summed E-state index contributed by atoms with van der Waals surface area (Å²) >= 11 is -0.0883. The molecule has 0 fully saturated rings. The molecule has 1 atom stereocenters. The predicted molar refractivity (Wildman–Crippen MR) is 47.4 cm³/mol. The molecule has 0 saturated heterocycles. The molecular formula is C8H17Ge. The Kier molecular flexibility index (Phi) is 5.46. The standard InChI is InChI=1S/C8H17Ge/c1-5-8(7(3)4)9-6-2/h6-9H,2,5H2,1,3-4H3. The van der Waals surface area contributed by atoms with Gasteiger partial charge in [-0.15, -0.1) is 0 Å². The van der Waals surface area contributed by atoms with E-state index in [1.54, 1.807) is 0 Å². The number of hydrogen-bond acceptors (Lipinski definition) is 0. The Labute approximate surface area is 65.1 Å². The second-order valence-electron chi connectivity index (χ2n) is 2.74. The van der Waals surface area contributed by atoms with Crippen molar-refractivity contribution in [3.63, 3.8) is 0 Å². The molecule has 0 nitrogen and oxygen atoms in total. The Morgan fingerprint density at radius 2 is 2.11 bits per heavy atom. The Balaban J connectivity index is 3.68. The van der Waals surface area contributed by atoms with Gasteiger partial charge in [0.05, 0.1) is 0 Å². The Bertz CT molecular complexity index is 84.6. The molecule has 0 aromatic heterocycles. The summed E-state index contributed by atoms with van der Waals surface area (Å²) in [6, 6.07) is 0. The molecule has 0 aromatic rings. The first-order chi connectivity index (χ1) is 4.22. The number of hydrogen-bond donors (Lipinski definition) is 0. The normalized spacial score (nSPS) is 15.2. The average Bonchev–Trinajstić information content (AvgIpc) is 1.82. The van der Waals surface area contributed by atoms with Crippen LogP contribution in [-0.4, -0.2) is 19.8 Å². The molecule has 0 amide bonds. The van der Waals surface area contributed by atoms with Crippen LogP contribution in [0.3, 0.4) is 0 Å². The number of rotatable bonds is 3. The summed E-state index contributed by atoms with van der Waals surface area (Å²) in [7, 11) is 0. The van der Waals surface area contributed by atoms with Gasteiger partial charge in [0.1, 0.15) is 0 Å². The van der Waals surface area contributed by atoms with E-state index >= 15 is 0 Å². The molecule has 0 saturated carbocycles. The zero-order valence-corrected chi connectivity index (χ0v) is 9.15. The summed E-state index contributed by atoms with van der Waals surface area (Å²) < 4.78 is 1.01. The fourth-order valence-corrected chi connectivity index (χ4v) is 3.24. The molecule has 0 heterocycles. The van der Waals surface area contributed by atoms with Gasteiger partial charge in [-0.3, -0.25) is 0 Å². The van der Waals surface area contributed by atoms with Crippen LogP contribution in [0.2, 0.25) is 4.75 Å². The molecule has 0 N–H and O–H groups in total. The van der Waals surface area contributed by atoms with Gasteiger partial charge in [0, 0.05) is 0 Å². The Morgan fingerprint density at radius 3 is 2.22 bits per heavy atom. The van der Waals surface area contributed by atoms with Crippen LogP contribution in [0.1, 0.15) is 27.2 Å². The summed E-state index contributed by atoms with van der Waals surface area (Å²) in [6.45, 7) is 10.7. The average molecular weight is 186 g/mol. The quantitative estimate of drug-likeness (QED) is 0.590. The molecule has 0 spiro atoms. The molecule has 0 aromatic carbocycles. The molecule has 1 radical (unpaired) electrons. The van der Waals surface area contributed by atoms with Crippen molar-refractivity contribution in [3.8, 4) is 0 Å². The van der Waals surface area contributed by atoms with Gasteiger partial charge in [0.15, 0.2) is 0 Å². The molecule has 0 aliphatic rings. The van der Waals surface area contributed by atoms with E-state index in [9.17, 15) is 0 Å². The fourth-order valence-electron chi connectivity index (χ4n) is 1.00. The summed E-state index contributed by atoms with van der Waals surface area (Å²) in [4.78, 5) is 2.18. The Morgan fingerprint density at radius 1 is 1.56 bits per heavy atom. The zero-order valence-electron chi connectivity index (χ0n) is 6.72. The van der Waals surface area contributed by atoms with Gasteiger partial charge in [-0.25, -0.2) is 0 Å². The van der Waals surface area contributed by atoms with Gasteiger partial charge in [0.2, 0.25) is 0 Å². The van der Waals surface area contributed by atoms with Crippen LogP contribution in [-0.2, 0) is 0 Å². The molecule has 53 valence electrons. The van der Waals surface area contributed by atoms with Crippen LogP contribution in [0, 0.1) is 12.8 Å². The van der Waals surface area contributed by atoms with E-state index in [1.165, 1.54) is 6.42 Å². The van der Waals surface area contributed by atoms with Crippen molar-refractivity contribution in [2.24, 2.45) is 5.92 Å². The van der Waals surface area contributed by atoms with Crippen molar-refractivity contribution >= 4 is 19.8 Å². The third-order valence-corrected chi connectivity index (χ3v) is 5.92. The molecule has 9 heavy (non-hydrogen) atoms. The fraction of sp³-hybridized carbons (Fsp3) is 0.750. The third kappa shape index (κ3) is 3.90. The van der Waals surface area contributed by atoms with Crippen molar-refractivity contribution in [1.29, 1.82) is 0 Å². The van der Waals surface area contributed by atoms with E-state index in [0.29, 0.717) is 0 Å². The summed E-state index contributed by atoms with van der Waals surface area (Å²) in [5.41, 5.74) is 0. The summed E-state index contributed by atoms with van der Waals surface area (Å²) in [6.07, 6.45) is 1.35. The van der Waals surface area contributed by atoms with Crippen LogP contribution in [0.25, 0.3) is 0 Å². The van der Waals surface area contributed by atoms with E-state index in [0.717, 1.165) is 10.7 Å². The Hall–Kier alpha value is 0.413. The van der Waals surface area contributed by atoms with Crippen LogP contribution in [0.15, 0.2) is 0 Å². The zero-order chi connectivity index (χ0) is 7.28. The molecule has 0 bridgehead atoms. The van der Waals surface area contributed by atoms with Gasteiger partial charge in [-0.2, -0.15) is 0 Å².